The number of ketones is 1. The fourth-order valence-electron chi connectivity index (χ4n) is 1.68. The summed E-state index contributed by atoms with van der Waals surface area (Å²) in [7, 11) is 0. The summed E-state index contributed by atoms with van der Waals surface area (Å²) < 4.78 is 0. The summed E-state index contributed by atoms with van der Waals surface area (Å²) in [5.74, 6) is 0.971. The van der Waals surface area contributed by atoms with Crippen LogP contribution in [0, 0.1) is 17.2 Å². The van der Waals surface area contributed by atoms with Crippen molar-refractivity contribution in [1.29, 1.82) is 5.41 Å². The minimum Gasteiger partial charge on any atom is -0.297 e. The van der Waals surface area contributed by atoms with Crippen LogP contribution in [0.5, 0.6) is 0 Å². The van der Waals surface area contributed by atoms with Crippen LogP contribution in [0.25, 0.3) is 0 Å². The molecular formula is C10H11NO. The maximum Gasteiger partial charge on any atom is 0.177 e. The Labute approximate surface area is 71.5 Å². The van der Waals surface area contributed by atoms with Gasteiger partial charge in [0.1, 0.15) is 5.71 Å². The highest BCUT2D eigenvalue weighted by Crippen LogP contribution is 2.47. The van der Waals surface area contributed by atoms with Crippen LogP contribution in [-0.2, 0) is 4.79 Å². The fraction of sp³-hybridized carbons (Fsp3) is 0.400. The molecule has 2 nitrogen and oxygen atoms in total. The predicted octanol–water partition coefficient (Wildman–Crippen LogP) is 1.73. The Morgan fingerprint density at radius 3 is 3.08 bits per heavy atom. The molecule has 2 aliphatic rings. The Balaban J connectivity index is 2.23. The number of hydrogen-bond acceptors (Lipinski definition) is 2. The predicted molar refractivity (Wildman–Crippen MR) is 47.2 cm³/mol. The molecule has 2 rings (SSSR count). The van der Waals surface area contributed by atoms with Crippen LogP contribution >= 0.6 is 0 Å². The molecule has 0 spiro atoms. The second kappa shape index (κ2) is 2.41. The number of allylic oxidation sites excluding steroid dienone is 4. The van der Waals surface area contributed by atoms with E-state index in [1.165, 1.54) is 6.92 Å². The van der Waals surface area contributed by atoms with Crippen molar-refractivity contribution in [1.82, 2.24) is 0 Å². The number of carbonyl (C=O) groups is 1. The van der Waals surface area contributed by atoms with E-state index in [4.69, 9.17) is 5.41 Å². The first kappa shape index (κ1) is 7.47. The first-order chi connectivity index (χ1) is 5.70. The number of Topliss-reactive ketones (excluding diaryl/α,β-unsaturated/α-hetero) is 1. The summed E-state index contributed by atoms with van der Waals surface area (Å²) in [5, 5.41) is 7.54. The van der Waals surface area contributed by atoms with Gasteiger partial charge in [0.25, 0.3) is 0 Å². The standard InChI is InChI=1S/C10H11NO/c1-6(12)10(11)8-4-2-3-7-5-9(7)8/h2-4,7,9,11H,5H2,1H3. The number of hydrogen-bond donors (Lipinski definition) is 1. The molecule has 0 amide bonds. The van der Waals surface area contributed by atoms with Crippen LogP contribution < -0.4 is 0 Å². The zero-order valence-electron chi connectivity index (χ0n) is 7.00. The van der Waals surface area contributed by atoms with Crippen molar-refractivity contribution in [3.63, 3.8) is 0 Å². The molecule has 12 heavy (non-hydrogen) atoms. The molecule has 2 unspecified atom stereocenters. The lowest BCUT2D eigenvalue weighted by atomic mass is 9.98. The topological polar surface area (TPSA) is 40.9 Å². The summed E-state index contributed by atoms with van der Waals surface area (Å²) in [5.41, 5.74) is 1.14. The lowest BCUT2D eigenvalue weighted by molar-refractivity contribution is -0.111. The molecule has 0 aromatic heterocycles. The Bertz CT molecular complexity index is 312. The SMILES string of the molecule is CC(=O)C(=N)C1=CC=CC2CC12. The molecule has 0 radical (unpaired) electrons. The van der Waals surface area contributed by atoms with Gasteiger partial charge in [0.15, 0.2) is 5.78 Å². The van der Waals surface area contributed by atoms with E-state index in [0.717, 1.165) is 12.0 Å². The molecule has 1 fully saturated rings. The average molecular weight is 161 g/mol. The smallest absolute Gasteiger partial charge is 0.177 e. The van der Waals surface area contributed by atoms with E-state index in [-0.39, 0.29) is 11.5 Å². The quantitative estimate of drug-likeness (QED) is 0.615. The first-order valence-electron chi connectivity index (χ1n) is 4.18. The summed E-state index contributed by atoms with van der Waals surface area (Å²) in [6.07, 6.45) is 7.14. The number of rotatable bonds is 2. The summed E-state index contributed by atoms with van der Waals surface area (Å²) in [6.45, 7) is 1.46. The normalized spacial score (nSPS) is 30.6. The lowest BCUT2D eigenvalue weighted by Crippen LogP contribution is -2.14. The minimum absolute atomic E-state index is 0.123. The van der Waals surface area contributed by atoms with Gasteiger partial charge in [-0.15, -0.1) is 0 Å². The molecule has 0 bridgehead atoms. The first-order valence-corrected chi connectivity index (χ1v) is 4.18. The second-order valence-corrected chi connectivity index (χ2v) is 3.44. The van der Waals surface area contributed by atoms with Gasteiger partial charge >= 0.3 is 0 Å². The highest BCUT2D eigenvalue weighted by atomic mass is 16.1. The fourth-order valence-corrected chi connectivity index (χ4v) is 1.68. The van der Waals surface area contributed by atoms with E-state index >= 15 is 0 Å². The molecule has 2 atom stereocenters. The van der Waals surface area contributed by atoms with Gasteiger partial charge in [-0.2, -0.15) is 0 Å². The van der Waals surface area contributed by atoms with E-state index in [9.17, 15) is 4.79 Å². The molecule has 0 heterocycles. The number of nitrogens with one attached hydrogen (secondary N) is 1. The van der Waals surface area contributed by atoms with E-state index in [1.54, 1.807) is 0 Å². The maximum absolute atomic E-state index is 10.9. The van der Waals surface area contributed by atoms with Crippen molar-refractivity contribution in [3.8, 4) is 0 Å². The molecule has 2 heteroatoms. The molecule has 0 aliphatic heterocycles. The third-order valence-corrected chi connectivity index (χ3v) is 2.51. The van der Waals surface area contributed by atoms with Gasteiger partial charge in [0.05, 0.1) is 0 Å². The molecular weight excluding hydrogens is 150 g/mol. The van der Waals surface area contributed by atoms with Gasteiger partial charge in [-0.25, -0.2) is 0 Å². The van der Waals surface area contributed by atoms with Crippen LogP contribution in [0.15, 0.2) is 23.8 Å². The van der Waals surface area contributed by atoms with E-state index < -0.39 is 0 Å². The van der Waals surface area contributed by atoms with Gasteiger partial charge in [-0.1, -0.05) is 18.2 Å². The van der Waals surface area contributed by atoms with Gasteiger partial charge in [-0.05, 0) is 23.8 Å². The van der Waals surface area contributed by atoms with Crippen LogP contribution in [0.3, 0.4) is 0 Å². The highest BCUT2D eigenvalue weighted by Gasteiger charge is 2.40. The Morgan fingerprint density at radius 2 is 2.42 bits per heavy atom. The van der Waals surface area contributed by atoms with Gasteiger partial charge in [0, 0.05) is 6.92 Å². The van der Waals surface area contributed by atoms with Crippen LogP contribution in [0.1, 0.15) is 13.3 Å². The van der Waals surface area contributed by atoms with Gasteiger partial charge < -0.3 is 0 Å². The molecule has 0 aromatic rings. The van der Waals surface area contributed by atoms with Crippen LogP contribution in [0.2, 0.25) is 0 Å². The zero-order valence-corrected chi connectivity index (χ0v) is 7.00. The largest absolute Gasteiger partial charge is 0.297 e. The second-order valence-electron chi connectivity index (χ2n) is 3.44. The van der Waals surface area contributed by atoms with Crippen LogP contribution in [-0.4, -0.2) is 11.5 Å². The Hall–Kier alpha value is -1.18. The summed E-state index contributed by atoms with van der Waals surface area (Å²) >= 11 is 0. The van der Waals surface area contributed by atoms with E-state index in [0.29, 0.717) is 11.8 Å². The zero-order chi connectivity index (χ0) is 8.72. The molecule has 2 aliphatic carbocycles. The third-order valence-electron chi connectivity index (χ3n) is 2.51. The third kappa shape index (κ3) is 1.04. The highest BCUT2D eigenvalue weighted by molar-refractivity contribution is 6.44. The monoisotopic (exact) mass is 161 g/mol. The van der Waals surface area contributed by atoms with Gasteiger partial charge in [-0.3, -0.25) is 10.2 Å². The summed E-state index contributed by atoms with van der Waals surface area (Å²) in [4.78, 5) is 10.9. The number of fused-ring (bicyclic) bond motifs is 1. The maximum atomic E-state index is 10.9. The Kier molecular flexibility index (Phi) is 1.50. The molecule has 62 valence electrons. The van der Waals surface area contributed by atoms with Crippen LogP contribution in [0.4, 0.5) is 0 Å². The molecule has 1 saturated carbocycles. The molecule has 0 saturated heterocycles. The van der Waals surface area contributed by atoms with Gasteiger partial charge in [0.2, 0.25) is 0 Å². The number of carbonyl (C=O) groups excluding carboxylic acids is 1. The van der Waals surface area contributed by atoms with Crippen molar-refractivity contribution in [2.75, 3.05) is 0 Å². The Morgan fingerprint density at radius 1 is 1.67 bits per heavy atom. The van der Waals surface area contributed by atoms with E-state index in [1.807, 2.05) is 12.2 Å². The average Bonchev–Trinajstić information content (AvgIpc) is 2.80. The molecule has 0 aromatic carbocycles. The van der Waals surface area contributed by atoms with Crippen molar-refractivity contribution in [2.45, 2.75) is 13.3 Å². The van der Waals surface area contributed by atoms with Crippen molar-refractivity contribution < 1.29 is 4.79 Å². The van der Waals surface area contributed by atoms with Crippen molar-refractivity contribution >= 4 is 11.5 Å². The van der Waals surface area contributed by atoms with Crippen molar-refractivity contribution in [2.24, 2.45) is 11.8 Å². The van der Waals surface area contributed by atoms with E-state index in [2.05, 4.69) is 6.08 Å². The molecule has 1 N–H and O–H groups in total. The summed E-state index contributed by atoms with van der Waals surface area (Å²) in [6, 6.07) is 0. The lowest BCUT2D eigenvalue weighted by Gasteiger charge is -2.06. The van der Waals surface area contributed by atoms with Crippen molar-refractivity contribution in [3.05, 3.63) is 23.8 Å². The minimum atomic E-state index is -0.123.